The Hall–Kier alpha value is -3.22. The number of ether oxygens (including phenoxy) is 2. The number of carbonyl (C=O) groups is 1. The molecule has 3 aromatic rings. The molecule has 28 heavy (non-hydrogen) atoms. The van der Waals surface area contributed by atoms with E-state index in [9.17, 15) is 4.79 Å². The molecule has 0 radical (unpaired) electrons. The molecule has 0 spiro atoms. The third kappa shape index (κ3) is 3.60. The van der Waals surface area contributed by atoms with Crippen LogP contribution in [0.2, 0.25) is 0 Å². The predicted molar refractivity (Wildman–Crippen MR) is 106 cm³/mol. The number of aryl methyl sites for hydroxylation is 1. The SMILES string of the molecule is COC(=O)c1ccc(CNc2nc(C)nc3ccc(OC)cc23)nc1C1CC1. The molecule has 0 bridgehead atoms. The summed E-state index contributed by atoms with van der Waals surface area (Å²) < 4.78 is 10.2. The molecule has 1 aliphatic rings. The van der Waals surface area contributed by atoms with Gasteiger partial charge in [0, 0.05) is 11.3 Å². The lowest BCUT2D eigenvalue weighted by Gasteiger charge is -2.12. The summed E-state index contributed by atoms with van der Waals surface area (Å²) in [4.78, 5) is 25.7. The van der Waals surface area contributed by atoms with Gasteiger partial charge in [0.1, 0.15) is 17.4 Å². The Bertz CT molecular complexity index is 1050. The number of nitrogens with one attached hydrogen (secondary N) is 1. The molecule has 1 aromatic carbocycles. The van der Waals surface area contributed by atoms with Gasteiger partial charge in [0.25, 0.3) is 0 Å². The second-order valence-electron chi connectivity index (χ2n) is 6.86. The third-order valence-corrected chi connectivity index (χ3v) is 4.80. The molecule has 0 amide bonds. The predicted octanol–water partition coefficient (Wildman–Crippen LogP) is 3.62. The van der Waals surface area contributed by atoms with Crippen molar-refractivity contribution in [3.8, 4) is 5.75 Å². The smallest absolute Gasteiger partial charge is 0.339 e. The molecule has 4 rings (SSSR count). The van der Waals surface area contributed by atoms with Crippen LogP contribution in [0.5, 0.6) is 5.75 Å². The van der Waals surface area contributed by atoms with Gasteiger partial charge in [0.15, 0.2) is 0 Å². The van der Waals surface area contributed by atoms with Crippen LogP contribution in [0.4, 0.5) is 5.82 Å². The number of hydrogen-bond acceptors (Lipinski definition) is 7. The highest BCUT2D eigenvalue weighted by Gasteiger charge is 2.30. The summed E-state index contributed by atoms with van der Waals surface area (Å²) in [5.74, 6) is 2.18. The lowest BCUT2D eigenvalue weighted by Crippen LogP contribution is -2.11. The first-order valence-corrected chi connectivity index (χ1v) is 9.23. The first-order chi connectivity index (χ1) is 13.6. The molecule has 2 heterocycles. The molecule has 1 fully saturated rings. The van der Waals surface area contributed by atoms with Crippen molar-refractivity contribution in [2.75, 3.05) is 19.5 Å². The summed E-state index contributed by atoms with van der Waals surface area (Å²) in [6.07, 6.45) is 2.12. The van der Waals surface area contributed by atoms with Crippen LogP contribution in [-0.2, 0) is 11.3 Å². The zero-order valence-electron chi connectivity index (χ0n) is 16.2. The van der Waals surface area contributed by atoms with E-state index in [0.717, 1.165) is 46.7 Å². The van der Waals surface area contributed by atoms with Crippen LogP contribution in [0.25, 0.3) is 10.9 Å². The van der Waals surface area contributed by atoms with Gasteiger partial charge in [-0.15, -0.1) is 0 Å². The van der Waals surface area contributed by atoms with E-state index in [1.165, 1.54) is 7.11 Å². The number of hydrogen-bond donors (Lipinski definition) is 1. The van der Waals surface area contributed by atoms with E-state index < -0.39 is 0 Å². The minimum Gasteiger partial charge on any atom is -0.497 e. The van der Waals surface area contributed by atoms with E-state index in [4.69, 9.17) is 14.5 Å². The maximum Gasteiger partial charge on any atom is 0.339 e. The number of rotatable bonds is 6. The number of methoxy groups -OCH3 is 2. The fraction of sp³-hybridized carbons (Fsp3) is 0.333. The third-order valence-electron chi connectivity index (χ3n) is 4.80. The normalized spacial score (nSPS) is 13.4. The Morgan fingerprint density at radius 2 is 1.96 bits per heavy atom. The van der Waals surface area contributed by atoms with Crippen LogP contribution in [-0.4, -0.2) is 35.1 Å². The van der Waals surface area contributed by atoms with Gasteiger partial charge >= 0.3 is 5.97 Å². The van der Waals surface area contributed by atoms with Gasteiger partial charge in [-0.3, -0.25) is 4.98 Å². The molecule has 0 atom stereocenters. The highest BCUT2D eigenvalue weighted by Crippen LogP contribution is 2.40. The molecule has 1 saturated carbocycles. The molecule has 7 nitrogen and oxygen atoms in total. The van der Waals surface area contributed by atoms with Crippen LogP contribution in [0, 0.1) is 6.92 Å². The van der Waals surface area contributed by atoms with Crippen LogP contribution in [0.15, 0.2) is 30.3 Å². The Labute approximate surface area is 163 Å². The van der Waals surface area contributed by atoms with Crippen LogP contribution in [0.3, 0.4) is 0 Å². The minimum atomic E-state index is -0.335. The number of carbonyl (C=O) groups excluding carboxylic acids is 1. The zero-order chi connectivity index (χ0) is 19.7. The van der Waals surface area contributed by atoms with Crippen molar-refractivity contribution in [1.82, 2.24) is 15.0 Å². The number of pyridine rings is 1. The van der Waals surface area contributed by atoms with Gasteiger partial charge in [-0.25, -0.2) is 14.8 Å². The second-order valence-corrected chi connectivity index (χ2v) is 6.86. The Morgan fingerprint density at radius 1 is 1.14 bits per heavy atom. The molecule has 2 aromatic heterocycles. The largest absolute Gasteiger partial charge is 0.497 e. The first-order valence-electron chi connectivity index (χ1n) is 9.23. The van der Waals surface area contributed by atoms with Crippen molar-refractivity contribution in [3.05, 3.63) is 53.1 Å². The first kappa shape index (κ1) is 18.2. The van der Waals surface area contributed by atoms with Crippen molar-refractivity contribution in [2.24, 2.45) is 0 Å². The quantitative estimate of drug-likeness (QED) is 0.656. The van der Waals surface area contributed by atoms with Gasteiger partial charge in [0.2, 0.25) is 0 Å². The Balaban J connectivity index is 1.62. The molecule has 1 N–H and O–H groups in total. The van der Waals surface area contributed by atoms with Gasteiger partial charge in [-0.2, -0.15) is 0 Å². The van der Waals surface area contributed by atoms with Crippen molar-refractivity contribution in [3.63, 3.8) is 0 Å². The lowest BCUT2D eigenvalue weighted by atomic mass is 10.1. The monoisotopic (exact) mass is 378 g/mol. The highest BCUT2D eigenvalue weighted by molar-refractivity contribution is 5.91. The van der Waals surface area contributed by atoms with Crippen LogP contribution in [0.1, 0.15) is 46.3 Å². The molecule has 7 heteroatoms. The summed E-state index contributed by atoms with van der Waals surface area (Å²) in [6, 6.07) is 9.37. The van der Waals surface area contributed by atoms with Gasteiger partial charge in [0.05, 0.1) is 43.2 Å². The summed E-state index contributed by atoms with van der Waals surface area (Å²) in [5.41, 5.74) is 3.09. The lowest BCUT2D eigenvalue weighted by molar-refractivity contribution is 0.0598. The van der Waals surface area contributed by atoms with E-state index in [0.29, 0.717) is 23.9 Å². The zero-order valence-corrected chi connectivity index (χ0v) is 16.2. The maximum atomic E-state index is 12.0. The molecule has 0 saturated heterocycles. The summed E-state index contributed by atoms with van der Waals surface area (Å²) >= 11 is 0. The number of nitrogens with zero attached hydrogens (tertiary/aromatic N) is 3. The minimum absolute atomic E-state index is 0.335. The van der Waals surface area contributed by atoms with Crippen LogP contribution < -0.4 is 10.1 Å². The van der Waals surface area contributed by atoms with Crippen molar-refractivity contribution >= 4 is 22.7 Å². The fourth-order valence-electron chi connectivity index (χ4n) is 3.23. The summed E-state index contributed by atoms with van der Waals surface area (Å²) in [5, 5.41) is 4.25. The Kier molecular flexibility index (Phi) is 4.81. The van der Waals surface area contributed by atoms with Gasteiger partial charge in [-0.1, -0.05) is 0 Å². The number of esters is 1. The topological polar surface area (TPSA) is 86.2 Å². The van der Waals surface area contributed by atoms with Crippen molar-refractivity contribution < 1.29 is 14.3 Å². The molecular formula is C21H22N4O3. The van der Waals surface area contributed by atoms with E-state index in [-0.39, 0.29) is 5.97 Å². The van der Waals surface area contributed by atoms with E-state index in [2.05, 4.69) is 15.3 Å². The Morgan fingerprint density at radius 3 is 2.68 bits per heavy atom. The summed E-state index contributed by atoms with van der Waals surface area (Å²) in [6.45, 7) is 2.35. The number of fused-ring (bicyclic) bond motifs is 1. The molecule has 0 aliphatic heterocycles. The molecule has 144 valence electrons. The average molecular weight is 378 g/mol. The standard InChI is InChI=1S/C21H22N4O3/c1-12-23-18-9-7-15(27-2)10-17(18)20(24-12)22-11-14-6-8-16(21(26)28-3)19(25-14)13-4-5-13/h6-10,13H,4-5,11H2,1-3H3,(H,22,23,24). The number of benzene rings is 1. The van der Waals surface area contributed by atoms with Gasteiger partial charge in [-0.05, 0) is 50.1 Å². The van der Waals surface area contributed by atoms with Crippen molar-refractivity contribution in [1.29, 1.82) is 0 Å². The second kappa shape index (κ2) is 7.42. The highest BCUT2D eigenvalue weighted by atomic mass is 16.5. The average Bonchev–Trinajstić information content (AvgIpc) is 3.56. The molecular weight excluding hydrogens is 356 g/mol. The molecule has 1 aliphatic carbocycles. The van der Waals surface area contributed by atoms with E-state index in [1.807, 2.05) is 31.2 Å². The van der Waals surface area contributed by atoms with E-state index >= 15 is 0 Å². The van der Waals surface area contributed by atoms with Gasteiger partial charge < -0.3 is 14.8 Å². The van der Waals surface area contributed by atoms with Crippen molar-refractivity contribution in [2.45, 2.75) is 32.2 Å². The number of anilines is 1. The maximum absolute atomic E-state index is 12.0. The van der Waals surface area contributed by atoms with E-state index in [1.54, 1.807) is 13.2 Å². The molecule has 0 unspecified atom stereocenters. The summed E-state index contributed by atoms with van der Waals surface area (Å²) in [7, 11) is 3.03. The van der Waals surface area contributed by atoms with Crippen LogP contribution >= 0.6 is 0 Å². The number of aromatic nitrogens is 3. The fourth-order valence-corrected chi connectivity index (χ4v) is 3.23.